The van der Waals surface area contributed by atoms with Crippen molar-refractivity contribution in [2.45, 2.75) is 6.42 Å². The van der Waals surface area contributed by atoms with E-state index < -0.39 is 0 Å². The second kappa shape index (κ2) is 4.14. The summed E-state index contributed by atoms with van der Waals surface area (Å²) in [4.78, 5) is 5.48. The first-order valence-electron chi connectivity index (χ1n) is 5.14. The molecule has 2 N–H and O–H groups in total. The van der Waals surface area contributed by atoms with Crippen LogP contribution in [-0.4, -0.2) is 25.7 Å². The first kappa shape index (κ1) is 10.8. The zero-order valence-electron chi connectivity index (χ0n) is 8.88. The smallest absolute Gasteiger partial charge is 0.195 e. The molecule has 17 heavy (non-hydrogen) atoms. The van der Waals surface area contributed by atoms with Crippen molar-refractivity contribution in [2.75, 3.05) is 6.54 Å². The Morgan fingerprint density at radius 2 is 2.35 bits per heavy atom. The zero-order chi connectivity index (χ0) is 11.8. The Bertz CT molecular complexity index is 653. The van der Waals surface area contributed by atoms with Crippen molar-refractivity contribution in [1.29, 1.82) is 0 Å². The first-order chi connectivity index (χ1) is 8.29. The summed E-state index contributed by atoms with van der Waals surface area (Å²) in [6.07, 6.45) is 6.09. The molecule has 0 atom stereocenters. The molecule has 3 aromatic heterocycles. The maximum absolute atomic E-state index is 5.87. The molecule has 0 unspecified atom stereocenters. The molecule has 0 saturated carbocycles. The van der Waals surface area contributed by atoms with Crippen molar-refractivity contribution in [3.05, 3.63) is 34.7 Å². The summed E-state index contributed by atoms with van der Waals surface area (Å²) in [5, 5.41) is 6.78. The third-order valence-electron chi connectivity index (χ3n) is 2.49. The van der Waals surface area contributed by atoms with Crippen LogP contribution in [0.25, 0.3) is 10.8 Å². The van der Waals surface area contributed by atoms with Crippen LogP contribution in [0, 0.1) is 0 Å². The zero-order valence-corrected chi connectivity index (χ0v) is 10.4. The van der Waals surface area contributed by atoms with E-state index in [0.29, 0.717) is 11.6 Å². The lowest BCUT2D eigenvalue weighted by Gasteiger charge is -2.01. The van der Waals surface area contributed by atoms with Crippen LogP contribution >= 0.6 is 22.9 Å². The van der Waals surface area contributed by atoms with Crippen LogP contribution in [0.5, 0.6) is 0 Å². The van der Waals surface area contributed by atoms with Gasteiger partial charge in [-0.1, -0.05) is 11.6 Å². The molecule has 0 spiro atoms. The summed E-state index contributed by atoms with van der Waals surface area (Å²) in [6.45, 7) is 0.575. The summed E-state index contributed by atoms with van der Waals surface area (Å²) in [6, 6.07) is 0. The van der Waals surface area contributed by atoms with E-state index in [9.17, 15) is 0 Å². The van der Waals surface area contributed by atoms with Gasteiger partial charge < -0.3 is 5.73 Å². The fourth-order valence-electron chi connectivity index (χ4n) is 1.79. The van der Waals surface area contributed by atoms with Crippen LogP contribution in [0.2, 0.25) is 5.02 Å². The molecule has 5 nitrogen and oxygen atoms in total. The van der Waals surface area contributed by atoms with Crippen LogP contribution < -0.4 is 5.73 Å². The number of hydrogen-bond acceptors (Lipinski definition) is 4. The Morgan fingerprint density at radius 1 is 1.47 bits per heavy atom. The fraction of sp³-hybridized carbons (Fsp3) is 0.200. The molecule has 3 heterocycles. The number of thiazole rings is 1. The number of halogens is 1. The molecule has 0 fully saturated rings. The highest BCUT2D eigenvalue weighted by atomic mass is 35.5. The van der Waals surface area contributed by atoms with Gasteiger partial charge in [0.05, 0.1) is 23.1 Å². The van der Waals surface area contributed by atoms with Crippen molar-refractivity contribution in [3.8, 4) is 5.82 Å². The Kier molecular flexibility index (Phi) is 2.62. The van der Waals surface area contributed by atoms with E-state index in [4.69, 9.17) is 17.3 Å². The van der Waals surface area contributed by atoms with Gasteiger partial charge in [0.15, 0.2) is 10.8 Å². The minimum Gasteiger partial charge on any atom is -0.330 e. The van der Waals surface area contributed by atoms with Gasteiger partial charge in [-0.05, 0) is 6.54 Å². The maximum Gasteiger partial charge on any atom is 0.195 e. The Labute approximate surface area is 106 Å². The minimum absolute atomic E-state index is 0.575. The van der Waals surface area contributed by atoms with E-state index in [2.05, 4.69) is 10.1 Å². The lowest BCUT2D eigenvalue weighted by Crippen LogP contribution is -2.08. The molecule has 7 heteroatoms. The largest absolute Gasteiger partial charge is 0.330 e. The molecule has 0 aromatic carbocycles. The predicted octanol–water partition coefficient (Wildman–Crippen LogP) is 1.74. The highest BCUT2D eigenvalue weighted by Crippen LogP contribution is 2.21. The molecule has 3 aromatic rings. The third-order valence-corrected chi connectivity index (χ3v) is 3.44. The van der Waals surface area contributed by atoms with Gasteiger partial charge >= 0.3 is 0 Å². The Morgan fingerprint density at radius 3 is 3.06 bits per heavy atom. The molecule has 0 radical (unpaired) electrons. The second-order valence-electron chi connectivity index (χ2n) is 3.58. The monoisotopic (exact) mass is 267 g/mol. The number of fused-ring (bicyclic) bond motifs is 1. The van der Waals surface area contributed by atoms with Crippen LogP contribution in [-0.2, 0) is 6.42 Å². The van der Waals surface area contributed by atoms with E-state index in [0.717, 1.165) is 22.9 Å². The van der Waals surface area contributed by atoms with Gasteiger partial charge in [0.25, 0.3) is 0 Å². The molecule has 0 saturated heterocycles. The first-order valence-corrected chi connectivity index (χ1v) is 6.40. The van der Waals surface area contributed by atoms with Crippen molar-refractivity contribution in [2.24, 2.45) is 5.73 Å². The standard InChI is InChI=1S/C10H10ClN5S/c11-7-5-13-16(6-7)9-8(1-2-12)15-3-4-17-10(15)14-9/h3-6H,1-2,12H2. The van der Waals surface area contributed by atoms with Gasteiger partial charge in [0.2, 0.25) is 0 Å². The van der Waals surface area contributed by atoms with Gasteiger partial charge in [-0.25, -0.2) is 4.68 Å². The lowest BCUT2D eigenvalue weighted by atomic mass is 10.3. The number of nitrogens with two attached hydrogens (primary N) is 1. The van der Waals surface area contributed by atoms with E-state index in [-0.39, 0.29) is 0 Å². The SMILES string of the molecule is NCCc1c(-n2cc(Cl)cn2)nc2sccn12. The third kappa shape index (κ3) is 1.74. The normalized spacial score (nSPS) is 11.4. The quantitative estimate of drug-likeness (QED) is 0.786. The molecule has 0 aliphatic rings. The highest BCUT2D eigenvalue weighted by molar-refractivity contribution is 7.15. The summed E-state index contributed by atoms with van der Waals surface area (Å²) in [7, 11) is 0. The van der Waals surface area contributed by atoms with E-state index in [1.165, 1.54) is 0 Å². The molecule has 0 aliphatic carbocycles. The summed E-state index contributed by atoms with van der Waals surface area (Å²) in [5.41, 5.74) is 6.70. The van der Waals surface area contributed by atoms with E-state index in [1.807, 2.05) is 16.0 Å². The predicted molar refractivity (Wildman–Crippen MR) is 68.0 cm³/mol. The van der Waals surface area contributed by atoms with Crippen LogP contribution in [0.15, 0.2) is 24.0 Å². The van der Waals surface area contributed by atoms with Gasteiger partial charge in [0, 0.05) is 18.0 Å². The summed E-state index contributed by atoms with van der Waals surface area (Å²) in [5.74, 6) is 0.800. The second-order valence-corrected chi connectivity index (χ2v) is 4.89. The number of aromatic nitrogens is 4. The van der Waals surface area contributed by atoms with Crippen molar-refractivity contribution in [1.82, 2.24) is 19.2 Å². The van der Waals surface area contributed by atoms with E-state index in [1.54, 1.807) is 28.4 Å². The Balaban J connectivity index is 2.20. The molecule has 88 valence electrons. The number of rotatable bonds is 3. The highest BCUT2D eigenvalue weighted by Gasteiger charge is 2.14. The number of nitrogens with zero attached hydrogens (tertiary/aromatic N) is 4. The minimum atomic E-state index is 0.575. The van der Waals surface area contributed by atoms with Crippen LogP contribution in [0.3, 0.4) is 0 Å². The molecule has 3 rings (SSSR count). The maximum atomic E-state index is 5.87. The number of imidazole rings is 1. The van der Waals surface area contributed by atoms with Crippen molar-refractivity contribution < 1.29 is 0 Å². The Hall–Kier alpha value is -1.37. The molecular formula is C10H10ClN5S. The fourth-order valence-corrected chi connectivity index (χ4v) is 2.65. The molecule has 0 amide bonds. The van der Waals surface area contributed by atoms with Crippen LogP contribution in [0.4, 0.5) is 0 Å². The van der Waals surface area contributed by atoms with Gasteiger partial charge in [0.1, 0.15) is 0 Å². The summed E-state index contributed by atoms with van der Waals surface area (Å²) < 4.78 is 3.73. The molecule has 0 aliphatic heterocycles. The molecule has 0 bridgehead atoms. The van der Waals surface area contributed by atoms with Crippen molar-refractivity contribution >= 4 is 27.9 Å². The van der Waals surface area contributed by atoms with Crippen molar-refractivity contribution in [3.63, 3.8) is 0 Å². The van der Waals surface area contributed by atoms with Gasteiger partial charge in [-0.15, -0.1) is 11.3 Å². The molecular weight excluding hydrogens is 258 g/mol. The van der Waals surface area contributed by atoms with E-state index >= 15 is 0 Å². The number of hydrogen-bond donors (Lipinski definition) is 1. The summed E-state index contributed by atoms with van der Waals surface area (Å²) >= 11 is 7.46. The average molecular weight is 268 g/mol. The van der Waals surface area contributed by atoms with Gasteiger partial charge in [-0.3, -0.25) is 4.40 Å². The van der Waals surface area contributed by atoms with Crippen LogP contribution in [0.1, 0.15) is 5.69 Å². The lowest BCUT2D eigenvalue weighted by molar-refractivity contribution is 0.816. The topological polar surface area (TPSA) is 61.1 Å². The van der Waals surface area contributed by atoms with Gasteiger partial charge in [-0.2, -0.15) is 10.1 Å². The average Bonchev–Trinajstić information content (AvgIpc) is 2.95.